The second kappa shape index (κ2) is 12.3. The first-order valence-electron chi connectivity index (χ1n) is 18.7. The van der Waals surface area contributed by atoms with Crippen molar-refractivity contribution in [2.75, 3.05) is 0 Å². The highest BCUT2D eigenvalue weighted by molar-refractivity contribution is 6.13. The first-order valence-corrected chi connectivity index (χ1v) is 18.7. The molecule has 8 aromatic carbocycles. The number of nitriles is 3. The molecule has 6 nitrogen and oxygen atoms in total. The highest BCUT2D eigenvalue weighted by Gasteiger charge is 2.20. The minimum absolute atomic E-state index is 0.491. The van der Waals surface area contributed by atoms with E-state index in [4.69, 9.17) is 0 Å². The molecule has 57 heavy (non-hydrogen) atoms. The maximum absolute atomic E-state index is 10.5. The number of nitrogens with zero attached hydrogens (tertiary/aromatic N) is 6. The SMILES string of the molecule is N#Cc1ccc2c3ccccc3n(-c3ccc4c(c3)c3ccccc3n4-c3ccc(-c4cc(C#N)c(-n5c6ccccc6c6ccccc65)cc4C#N)cc3)c2c1. The van der Waals surface area contributed by atoms with Crippen LogP contribution in [-0.4, -0.2) is 13.7 Å². The van der Waals surface area contributed by atoms with Crippen LogP contribution in [0.1, 0.15) is 16.7 Å². The van der Waals surface area contributed by atoms with Gasteiger partial charge in [-0.05, 0) is 84.4 Å². The zero-order valence-corrected chi connectivity index (χ0v) is 30.3. The van der Waals surface area contributed by atoms with Crippen molar-refractivity contribution >= 4 is 65.4 Å². The van der Waals surface area contributed by atoms with E-state index in [9.17, 15) is 15.8 Å². The Morgan fingerprint density at radius 1 is 0.333 bits per heavy atom. The van der Waals surface area contributed by atoms with E-state index >= 15 is 0 Å². The Bertz CT molecular complexity index is 3560. The van der Waals surface area contributed by atoms with Crippen molar-refractivity contribution in [3.8, 4) is 46.4 Å². The minimum Gasteiger partial charge on any atom is -0.309 e. The Morgan fingerprint density at radius 2 is 0.825 bits per heavy atom. The van der Waals surface area contributed by atoms with Gasteiger partial charge in [0.05, 0.1) is 67.6 Å². The molecule has 0 saturated heterocycles. The number of fused-ring (bicyclic) bond motifs is 9. The van der Waals surface area contributed by atoms with Gasteiger partial charge in [0.1, 0.15) is 6.07 Å². The fourth-order valence-electron chi connectivity index (χ4n) is 8.86. The molecule has 0 unspecified atom stereocenters. The van der Waals surface area contributed by atoms with Crippen molar-refractivity contribution in [2.24, 2.45) is 0 Å². The van der Waals surface area contributed by atoms with E-state index in [2.05, 4.69) is 135 Å². The third-order valence-electron chi connectivity index (χ3n) is 11.4. The topological polar surface area (TPSA) is 86.2 Å². The molecule has 0 aliphatic rings. The van der Waals surface area contributed by atoms with Crippen LogP contribution in [0.5, 0.6) is 0 Å². The van der Waals surface area contributed by atoms with Crippen LogP contribution in [0.3, 0.4) is 0 Å². The van der Waals surface area contributed by atoms with E-state index in [-0.39, 0.29) is 0 Å². The molecule has 0 bridgehead atoms. The minimum atomic E-state index is 0.491. The van der Waals surface area contributed by atoms with Crippen LogP contribution in [0.2, 0.25) is 0 Å². The van der Waals surface area contributed by atoms with Gasteiger partial charge in [-0.3, -0.25) is 0 Å². The van der Waals surface area contributed by atoms with Gasteiger partial charge in [-0.25, -0.2) is 0 Å². The Labute approximate surface area is 326 Å². The summed E-state index contributed by atoms with van der Waals surface area (Å²) in [6.07, 6.45) is 0. The standard InChI is InChI=1S/C51H28N6/c52-29-32-17-23-42-40-11-1-5-13-45(40)56(51(42)25-32)37-22-24-49-44(28-37)41-12-4-6-14-46(41)55(49)36-20-18-33(19-21-36)43-26-35(31-54)50(27-34(43)30-53)57-47-15-7-2-9-38(47)39-10-3-8-16-48(39)57/h1-28H. The highest BCUT2D eigenvalue weighted by atomic mass is 15.0. The van der Waals surface area contributed by atoms with E-state index in [1.165, 1.54) is 0 Å². The summed E-state index contributed by atoms with van der Waals surface area (Å²) in [5, 5.41) is 37.4. The second-order valence-electron chi connectivity index (χ2n) is 14.3. The van der Waals surface area contributed by atoms with Crippen LogP contribution in [0.25, 0.3) is 93.6 Å². The predicted octanol–water partition coefficient (Wildman–Crippen LogP) is 12.3. The molecule has 0 atom stereocenters. The third-order valence-corrected chi connectivity index (χ3v) is 11.4. The molecule has 0 aliphatic heterocycles. The predicted molar refractivity (Wildman–Crippen MR) is 229 cm³/mol. The smallest absolute Gasteiger partial charge is 0.101 e. The van der Waals surface area contributed by atoms with Crippen LogP contribution >= 0.6 is 0 Å². The van der Waals surface area contributed by atoms with Crippen molar-refractivity contribution in [1.82, 2.24) is 13.7 Å². The van der Waals surface area contributed by atoms with Crippen molar-refractivity contribution in [3.63, 3.8) is 0 Å². The zero-order valence-electron chi connectivity index (χ0n) is 30.3. The fraction of sp³-hybridized carbons (Fsp3) is 0. The Kier molecular flexibility index (Phi) is 6.95. The molecule has 3 heterocycles. The number of hydrogen-bond donors (Lipinski definition) is 0. The summed E-state index contributed by atoms with van der Waals surface area (Å²) in [6, 6.07) is 64.7. The van der Waals surface area contributed by atoms with Gasteiger partial charge in [0, 0.05) is 49.3 Å². The number of hydrogen-bond acceptors (Lipinski definition) is 3. The van der Waals surface area contributed by atoms with E-state index in [0.29, 0.717) is 27.9 Å². The fourth-order valence-corrected chi connectivity index (χ4v) is 8.86. The number of aromatic nitrogens is 3. The Hall–Kier alpha value is -8.37. The average Bonchev–Trinajstić information content (AvgIpc) is 3.91. The van der Waals surface area contributed by atoms with E-state index in [1.54, 1.807) is 0 Å². The number of benzene rings is 8. The molecule has 11 aromatic rings. The first-order chi connectivity index (χ1) is 28.1. The van der Waals surface area contributed by atoms with E-state index in [0.717, 1.165) is 82.4 Å². The van der Waals surface area contributed by atoms with Gasteiger partial charge in [0.25, 0.3) is 0 Å². The molecule has 0 fully saturated rings. The lowest BCUT2D eigenvalue weighted by Gasteiger charge is -2.14. The monoisotopic (exact) mass is 724 g/mol. The van der Waals surface area contributed by atoms with Crippen molar-refractivity contribution in [2.45, 2.75) is 0 Å². The molecule has 6 heteroatoms. The molecule has 0 N–H and O–H groups in total. The van der Waals surface area contributed by atoms with Gasteiger partial charge in [0.2, 0.25) is 0 Å². The summed E-state index contributed by atoms with van der Waals surface area (Å²) in [5.74, 6) is 0. The van der Waals surface area contributed by atoms with Crippen molar-refractivity contribution in [3.05, 3.63) is 187 Å². The van der Waals surface area contributed by atoms with Crippen LogP contribution in [-0.2, 0) is 0 Å². The van der Waals surface area contributed by atoms with Gasteiger partial charge in [-0.1, -0.05) is 91.0 Å². The number of rotatable bonds is 4. The molecule has 0 radical (unpaired) electrons. The molecule has 3 aromatic heterocycles. The molecule has 11 rings (SSSR count). The van der Waals surface area contributed by atoms with Gasteiger partial charge >= 0.3 is 0 Å². The van der Waals surface area contributed by atoms with Crippen LogP contribution in [0.4, 0.5) is 0 Å². The Morgan fingerprint density at radius 3 is 1.40 bits per heavy atom. The Balaban J connectivity index is 1.04. The van der Waals surface area contributed by atoms with E-state index in [1.807, 2.05) is 66.7 Å². The molecule has 262 valence electrons. The maximum atomic E-state index is 10.5. The first kappa shape index (κ1) is 32.1. The van der Waals surface area contributed by atoms with Crippen molar-refractivity contribution < 1.29 is 0 Å². The normalized spacial score (nSPS) is 11.5. The van der Waals surface area contributed by atoms with Gasteiger partial charge in [0.15, 0.2) is 0 Å². The second-order valence-corrected chi connectivity index (χ2v) is 14.3. The summed E-state index contributed by atoms with van der Waals surface area (Å²) in [7, 11) is 0. The molecule has 0 saturated carbocycles. The molecule has 0 spiro atoms. The molecule has 0 amide bonds. The number of para-hydroxylation sites is 4. The quantitative estimate of drug-likeness (QED) is 0.181. The summed E-state index contributed by atoms with van der Waals surface area (Å²) >= 11 is 0. The summed E-state index contributed by atoms with van der Waals surface area (Å²) in [6.45, 7) is 0. The average molecular weight is 725 g/mol. The van der Waals surface area contributed by atoms with E-state index < -0.39 is 0 Å². The van der Waals surface area contributed by atoms with Crippen LogP contribution in [0.15, 0.2) is 170 Å². The molecular weight excluding hydrogens is 697 g/mol. The van der Waals surface area contributed by atoms with Gasteiger partial charge in [-0.15, -0.1) is 0 Å². The summed E-state index contributed by atoms with van der Waals surface area (Å²) in [5.41, 5.74) is 12.0. The lowest BCUT2D eigenvalue weighted by Crippen LogP contribution is -2.00. The maximum Gasteiger partial charge on any atom is 0.101 e. The summed E-state index contributed by atoms with van der Waals surface area (Å²) in [4.78, 5) is 0. The van der Waals surface area contributed by atoms with Crippen LogP contribution < -0.4 is 0 Å². The van der Waals surface area contributed by atoms with Gasteiger partial charge in [-0.2, -0.15) is 15.8 Å². The summed E-state index contributed by atoms with van der Waals surface area (Å²) < 4.78 is 6.62. The molecular formula is C51H28N6. The third kappa shape index (κ3) is 4.68. The molecule has 0 aliphatic carbocycles. The lowest BCUT2D eigenvalue weighted by molar-refractivity contribution is 1.16. The largest absolute Gasteiger partial charge is 0.309 e. The zero-order chi connectivity index (χ0) is 38.2. The van der Waals surface area contributed by atoms with Gasteiger partial charge < -0.3 is 13.7 Å². The highest BCUT2D eigenvalue weighted by Crippen LogP contribution is 2.39. The van der Waals surface area contributed by atoms with Crippen LogP contribution in [0, 0.1) is 34.0 Å². The van der Waals surface area contributed by atoms with Crippen molar-refractivity contribution in [1.29, 1.82) is 15.8 Å². The lowest BCUT2D eigenvalue weighted by atomic mass is 9.96.